The van der Waals surface area contributed by atoms with Crippen LogP contribution in [0, 0.1) is 6.92 Å². The molecule has 0 bridgehead atoms. The fourth-order valence-electron chi connectivity index (χ4n) is 2.25. The van der Waals surface area contributed by atoms with Crippen molar-refractivity contribution in [1.82, 2.24) is 0 Å². The van der Waals surface area contributed by atoms with E-state index >= 15 is 0 Å². The second kappa shape index (κ2) is 4.04. The van der Waals surface area contributed by atoms with Gasteiger partial charge in [0.2, 0.25) is 0 Å². The van der Waals surface area contributed by atoms with E-state index in [0.717, 1.165) is 5.56 Å². The SMILES string of the molecule is [CH2]c1ccccc1N1CCCCC1C. The van der Waals surface area contributed by atoms with Crippen molar-refractivity contribution < 1.29 is 0 Å². The third kappa shape index (κ3) is 1.77. The molecule has 1 saturated heterocycles. The quantitative estimate of drug-likeness (QED) is 0.654. The molecular formula is C13H18N. The molecule has 1 aromatic carbocycles. The van der Waals surface area contributed by atoms with E-state index in [0.29, 0.717) is 6.04 Å². The number of piperidine rings is 1. The standard InChI is InChI=1S/C13H18N/c1-11-7-3-4-9-13(11)14-10-6-5-8-12(14)2/h3-4,7,9,12H,1,5-6,8,10H2,2H3. The van der Waals surface area contributed by atoms with Crippen molar-refractivity contribution in [2.75, 3.05) is 11.4 Å². The van der Waals surface area contributed by atoms with Gasteiger partial charge in [-0.3, -0.25) is 0 Å². The third-order valence-electron chi connectivity index (χ3n) is 3.10. The van der Waals surface area contributed by atoms with Gasteiger partial charge in [0.25, 0.3) is 0 Å². The van der Waals surface area contributed by atoms with Gasteiger partial charge in [-0.05, 0) is 44.7 Å². The van der Waals surface area contributed by atoms with Crippen molar-refractivity contribution in [3.05, 3.63) is 36.8 Å². The Morgan fingerprint density at radius 1 is 1.29 bits per heavy atom. The maximum Gasteiger partial charge on any atom is 0.0401 e. The predicted octanol–water partition coefficient (Wildman–Crippen LogP) is 3.25. The smallest absolute Gasteiger partial charge is 0.0401 e. The molecule has 1 unspecified atom stereocenters. The van der Waals surface area contributed by atoms with Gasteiger partial charge in [-0.25, -0.2) is 0 Å². The largest absolute Gasteiger partial charge is 0.369 e. The van der Waals surface area contributed by atoms with Crippen LogP contribution in [0.25, 0.3) is 0 Å². The third-order valence-corrected chi connectivity index (χ3v) is 3.10. The number of hydrogen-bond donors (Lipinski definition) is 0. The average molecular weight is 188 g/mol. The Balaban J connectivity index is 2.25. The zero-order valence-electron chi connectivity index (χ0n) is 8.87. The summed E-state index contributed by atoms with van der Waals surface area (Å²) in [7, 11) is 0. The van der Waals surface area contributed by atoms with Gasteiger partial charge in [-0.2, -0.15) is 0 Å². The second-order valence-electron chi connectivity index (χ2n) is 4.17. The molecule has 1 radical (unpaired) electrons. The summed E-state index contributed by atoms with van der Waals surface area (Å²) in [6.07, 6.45) is 4.00. The molecule has 1 fully saturated rings. The molecule has 1 aliphatic heterocycles. The normalized spacial score (nSPS) is 22.4. The number of rotatable bonds is 1. The molecule has 0 aromatic heterocycles. The lowest BCUT2D eigenvalue weighted by atomic mass is 10.0. The lowest BCUT2D eigenvalue weighted by Crippen LogP contribution is -2.37. The fraction of sp³-hybridized carbons (Fsp3) is 0.462. The summed E-state index contributed by atoms with van der Waals surface area (Å²) in [4.78, 5) is 2.49. The van der Waals surface area contributed by atoms with E-state index in [9.17, 15) is 0 Å². The second-order valence-corrected chi connectivity index (χ2v) is 4.17. The van der Waals surface area contributed by atoms with Crippen molar-refractivity contribution in [2.24, 2.45) is 0 Å². The maximum absolute atomic E-state index is 4.09. The van der Waals surface area contributed by atoms with Crippen LogP contribution in [0.4, 0.5) is 5.69 Å². The van der Waals surface area contributed by atoms with Crippen LogP contribution in [0.1, 0.15) is 31.7 Å². The first-order chi connectivity index (χ1) is 6.79. The highest BCUT2D eigenvalue weighted by molar-refractivity contribution is 5.55. The van der Waals surface area contributed by atoms with E-state index in [1.165, 1.54) is 31.5 Å². The van der Waals surface area contributed by atoms with Crippen molar-refractivity contribution in [1.29, 1.82) is 0 Å². The molecule has 1 nitrogen and oxygen atoms in total. The number of nitrogens with zero attached hydrogens (tertiary/aromatic N) is 1. The van der Waals surface area contributed by atoms with E-state index in [-0.39, 0.29) is 0 Å². The molecular weight excluding hydrogens is 170 g/mol. The molecule has 0 spiro atoms. The molecule has 1 atom stereocenters. The van der Waals surface area contributed by atoms with Crippen molar-refractivity contribution in [2.45, 2.75) is 32.2 Å². The summed E-state index contributed by atoms with van der Waals surface area (Å²) >= 11 is 0. The predicted molar refractivity (Wildman–Crippen MR) is 61.6 cm³/mol. The van der Waals surface area contributed by atoms with Crippen LogP contribution < -0.4 is 4.90 Å². The number of hydrogen-bond acceptors (Lipinski definition) is 1. The summed E-state index contributed by atoms with van der Waals surface area (Å²) in [5.41, 5.74) is 2.47. The molecule has 1 heteroatoms. The first-order valence-electron chi connectivity index (χ1n) is 5.46. The lowest BCUT2D eigenvalue weighted by molar-refractivity contribution is 0.484. The van der Waals surface area contributed by atoms with Crippen LogP contribution in [-0.4, -0.2) is 12.6 Å². The molecule has 1 aromatic rings. The van der Waals surface area contributed by atoms with Gasteiger partial charge >= 0.3 is 0 Å². The van der Waals surface area contributed by atoms with Crippen molar-refractivity contribution in [3.63, 3.8) is 0 Å². The van der Waals surface area contributed by atoms with E-state index in [1.807, 2.05) is 0 Å². The summed E-state index contributed by atoms with van der Waals surface area (Å²) in [5, 5.41) is 0. The van der Waals surface area contributed by atoms with Crippen LogP contribution in [0.3, 0.4) is 0 Å². The zero-order valence-corrected chi connectivity index (χ0v) is 8.87. The Hall–Kier alpha value is -0.980. The lowest BCUT2D eigenvalue weighted by Gasteiger charge is -2.36. The Kier molecular flexibility index (Phi) is 2.76. The molecule has 0 aliphatic carbocycles. The fourth-order valence-corrected chi connectivity index (χ4v) is 2.25. The van der Waals surface area contributed by atoms with E-state index < -0.39 is 0 Å². The van der Waals surface area contributed by atoms with Crippen molar-refractivity contribution in [3.8, 4) is 0 Å². The molecule has 14 heavy (non-hydrogen) atoms. The first kappa shape index (κ1) is 9.57. The van der Waals surface area contributed by atoms with E-state index in [1.54, 1.807) is 0 Å². The molecule has 2 rings (SSSR count). The Morgan fingerprint density at radius 3 is 2.79 bits per heavy atom. The van der Waals surface area contributed by atoms with Crippen LogP contribution in [0.15, 0.2) is 24.3 Å². The minimum Gasteiger partial charge on any atom is -0.369 e. The number of benzene rings is 1. The minimum atomic E-state index is 0.673. The zero-order chi connectivity index (χ0) is 9.97. The van der Waals surface area contributed by atoms with Gasteiger partial charge in [0.05, 0.1) is 0 Å². The van der Waals surface area contributed by atoms with Crippen LogP contribution in [0.5, 0.6) is 0 Å². The number of anilines is 1. The van der Waals surface area contributed by atoms with Gasteiger partial charge in [0.15, 0.2) is 0 Å². The monoisotopic (exact) mass is 188 g/mol. The van der Waals surface area contributed by atoms with Gasteiger partial charge in [0.1, 0.15) is 0 Å². The van der Waals surface area contributed by atoms with Crippen LogP contribution in [-0.2, 0) is 0 Å². The van der Waals surface area contributed by atoms with Crippen LogP contribution in [0.2, 0.25) is 0 Å². The highest BCUT2D eigenvalue weighted by Gasteiger charge is 2.19. The van der Waals surface area contributed by atoms with E-state index in [4.69, 9.17) is 0 Å². The van der Waals surface area contributed by atoms with Crippen LogP contribution >= 0.6 is 0 Å². The molecule has 0 saturated carbocycles. The van der Waals surface area contributed by atoms with Gasteiger partial charge < -0.3 is 4.90 Å². The maximum atomic E-state index is 4.09. The highest BCUT2D eigenvalue weighted by Crippen LogP contribution is 2.26. The molecule has 75 valence electrons. The molecule has 0 amide bonds. The van der Waals surface area contributed by atoms with Gasteiger partial charge in [-0.1, -0.05) is 18.2 Å². The topological polar surface area (TPSA) is 3.24 Å². The average Bonchev–Trinajstić information content (AvgIpc) is 2.20. The summed E-state index contributed by atoms with van der Waals surface area (Å²) < 4.78 is 0. The number of para-hydroxylation sites is 1. The minimum absolute atomic E-state index is 0.673. The van der Waals surface area contributed by atoms with Gasteiger partial charge in [-0.15, -0.1) is 0 Å². The highest BCUT2D eigenvalue weighted by atomic mass is 15.2. The van der Waals surface area contributed by atoms with E-state index in [2.05, 4.69) is 43.0 Å². The molecule has 1 heterocycles. The Morgan fingerprint density at radius 2 is 2.07 bits per heavy atom. The summed E-state index contributed by atoms with van der Waals surface area (Å²) in [6, 6.07) is 9.11. The van der Waals surface area contributed by atoms with Crippen molar-refractivity contribution >= 4 is 5.69 Å². The summed E-state index contributed by atoms with van der Waals surface area (Å²) in [5.74, 6) is 0. The first-order valence-corrected chi connectivity index (χ1v) is 5.46. The van der Waals surface area contributed by atoms with Gasteiger partial charge in [0, 0.05) is 18.3 Å². The molecule has 0 N–H and O–H groups in total. The Bertz CT molecular complexity index is 306. The Labute approximate surface area is 86.7 Å². The molecule has 1 aliphatic rings. The summed E-state index contributed by atoms with van der Waals surface area (Å²) in [6.45, 7) is 7.59.